The van der Waals surface area contributed by atoms with Gasteiger partial charge in [0.25, 0.3) is 0 Å². The van der Waals surface area contributed by atoms with Gasteiger partial charge in [0.15, 0.2) is 6.10 Å². The largest absolute Gasteiger partial charge is 0.479 e. The second kappa shape index (κ2) is 9.09. The molecular weight excluding hydrogens is 348 g/mol. The SMILES string of the molecule is CC(C)(C)c1ccc(OC(CCCCc2ccc(Cl)cc2)C(=O)O)cc1. The Hall–Kier alpha value is -2.00. The Kier molecular flexibility index (Phi) is 7.10. The van der Waals surface area contributed by atoms with Gasteiger partial charge in [-0.2, -0.15) is 0 Å². The van der Waals surface area contributed by atoms with Gasteiger partial charge in [0.2, 0.25) is 0 Å². The van der Waals surface area contributed by atoms with E-state index in [-0.39, 0.29) is 5.41 Å². The standard InChI is InChI=1S/C22H27ClO3/c1-22(2,3)17-10-14-19(15-11-17)26-20(21(24)25)7-5-4-6-16-8-12-18(23)13-9-16/h8-15,20H,4-7H2,1-3H3,(H,24,25). The molecule has 0 amide bonds. The highest BCUT2D eigenvalue weighted by Gasteiger charge is 2.19. The van der Waals surface area contributed by atoms with Crippen LogP contribution in [0.1, 0.15) is 51.2 Å². The van der Waals surface area contributed by atoms with Crippen molar-refractivity contribution in [3.63, 3.8) is 0 Å². The Bertz CT molecular complexity index is 700. The number of carboxylic acids is 1. The molecule has 0 aliphatic carbocycles. The molecule has 0 heterocycles. The van der Waals surface area contributed by atoms with Crippen LogP contribution in [0.4, 0.5) is 0 Å². The van der Waals surface area contributed by atoms with Gasteiger partial charge in [-0.1, -0.05) is 56.6 Å². The highest BCUT2D eigenvalue weighted by molar-refractivity contribution is 6.30. The molecule has 0 aromatic heterocycles. The first-order valence-electron chi connectivity index (χ1n) is 9.00. The molecule has 26 heavy (non-hydrogen) atoms. The van der Waals surface area contributed by atoms with Crippen molar-refractivity contribution in [3.05, 3.63) is 64.7 Å². The Labute approximate surface area is 161 Å². The molecule has 4 heteroatoms. The van der Waals surface area contributed by atoms with Gasteiger partial charge in [-0.3, -0.25) is 0 Å². The minimum Gasteiger partial charge on any atom is -0.479 e. The van der Waals surface area contributed by atoms with Crippen molar-refractivity contribution in [1.82, 2.24) is 0 Å². The van der Waals surface area contributed by atoms with E-state index in [9.17, 15) is 9.90 Å². The lowest BCUT2D eigenvalue weighted by molar-refractivity contribution is -0.145. The van der Waals surface area contributed by atoms with Crippen LogP contribution in [0.15, 0.2) is 48.5 Å². The molecule has 2 aromatic carbocycles. The average Bonchev–Trinajstić information content (AvgIpc) is 2.58. The molecule has 2 aromatic rings. The van der Waals surface area contributed by atoms with E-state index in [2.05, 4.69) is 20.8 Å². The van der Waals surface area contributed by atoms with Gasteiger partial charge in [-0.25, -0.2) is 4.79 Å². The number of carbonyl (C=O) groups is 1. The summed E-state index contributed by atoms with van der Waals surface area (Å²) < 4.78 is 5.69. The molecule has 0 bridgehead atoms. The molecule has 1 atom stereocenters. The van der Waals surface area contributed by atoms with E-state index in [1.807, 2.05) is 48.5 Å². The van der Waals surface area contributed by atoms with Crippen LogP contribution >= 0.6 is 11.6 Å². The minimum atomic E-state index is -0.920. The number of benzene rings is 2. The maximum Gasteiger partial charge on any atom is 0.344 e. The summed E-state index contributed by atoms with van der Waals surface area (Å²) in [6.45, 7) is 6.43. The van der Waals surface area contributed by atoms with E-state index in [0.717, 1.165) is 24.3 Å². The number of halogens is 1. The number of carboxylic acid groups (broad SMARTS) is 1. The smallest absolute Gasteiger partial charge is 0.344 e. The number of ether oxygens (including phenoxy) is 1. The van der Waals surface area contributed by atoms with E-state index < -0.39 is 12.1 Å². The maximum absolute atomic E-state index is 11.5. The molecule has 140 valence electrons. The van der Waals surface area contributed by atoms with Crippen LogP contribution in [0, 0.1) is 0 Å². The maximum atomic E-state index is 11.5. The molecule has 2 rings (SSSR count). The normalized spacial score (nSPS) is 12.6. The Balaban J connectivity index is 1.84. The molecule has 0 saturated heterocycles. The third kappa shape index (κ3) is 6.38. The van der Waals surface area contributed by atoms with Crippen LogP contribution in [-0.2, 0) is 16.6 Å². The number of unbranched alkanes of at least 4 members (excludes halogenated alkanes) is 1. The molecule has 0 aliphatic rings. The van der Waals surface area contributed by atoms with Crippen molar-refractivity contribution in [2.75, 3.05) is 0 Å². The fraction of sp³-hybridized carbons (Fsp3) is 0.409. The topological polar surface area (TPSA) is 46.5 Å². The molecule has 0 spiro atoms. The Morgan fingerprint density at radius 3 is 2.19 bits per heavy atom. The number of aliphatic carboxylic acids is 1. The summed E-state index contributed by atoms with van der Waals surface area (Å²) in [4.78, 5) is 11.5. The predicted molar refractivity (Wildman–Crippen MR) is 106 cm³/mol. The fourth-order valence-electron chi connectivity index (χ4n) is 2.74. The Morgan fingerprint density at radius 1 is 1.04 bits per heavy atom. The van der Waals surface area contributed by atoms with Gasteiger partial charge >= 0.3 is 5.97 Å². The summed E-state index contributed by atoms with van der Waals surface area (Å²) in [5, 5.41) is 10.2. The lowest BCUT2D eigenvalue weighted by atomic mass is 9.87. The number of rotatable bonds is 8. The van der Waals surface area contributed by atoms with Crippen molar-refractivity contribution in [1.29, 1.82) is 0 Å². The van der Waals surface area contributed by atoms with Gasteiger partial charge in [-0.05, 0) is 66.5 Å². The monoisotopic (exact) mass is 374 g/mol. The molecule has 3 nitrogen and oxygen atoms in total. The molecule has 0 aliphatic heterocycles. The first-order chi connectivity index (χ1) is 12.3. The molecule has 1 unspecified atom stereocenters. The molecule has 0 fully saturated rings. The summed E-state index contributed by atoms with van der Waals surface area (Å²) in [5.41, 5.74) is 2.46. The van der Waals surface area contributed by atoms with E-state index in [1.165, 1.54) is 11.1 Å². The summed E-state index contributed by atoms with van der Waals surface area (Å²) in [6, 6.07) is 15.5. The fourth-order valence-corrected chi connectivity index (χ4v) is 2.87. The van der Waals surface area contributed by atoms with Crippen molar-refractivity contribution in [2.45, 2.75) is 58.0 Å². The van der Waals surface area contributed by atoms with Crippen molar-refractivity contribution in [2.24, 2.45) is 0 Å². The van der Waals surface area contributed by atoms with Crippen LogP contribution in [0.25, 0.3) is 0 Å². The zero-order valence-electron chi connectivity index (χ0n) is 15.7. The van der Waals surface area contributed by atoms with Crippen molar-refractivity contribution in [3.8, 4) is 5.75 Å². The van der Waals surface area contributed by atoms with Crippen LogP contribution < -0.4 is 4.74 Å². The number of aryl methyl sites for hydroxylation is 1. The van der Waals surface area contributed by atoms with E-state index in [0.29, 0.717) is 12.2 Å². The summed E-state index contributed by atoms with van der Waals surface area (Å²) in [5.74, 6) is -0.320. The predicted octanol–water partition coefficient (Wildman–Crippen LogP) is 5.88. The van der Waals surface area contributed by atoms with Gasteiger partial charge in [0.1, 0.15) is 5.75 Å². The highest BCUT2D eigenvalue weighted by atomic mass is 35.5. The Morgan fingerprint density at radius 2 is 1.65 bits per heavy atom. The molecule has 0 radical (unpaired) electrons. The van der Waals surface area contributed by atoms with Gasteiger partial charge < -0.3 is 9.84 Å². The van der Waals surface area contributed by atoms with Crippen LogP contribution in [-0.4, -0.2) is 17.2 Å². The zero-order valence-corrected chi connectivity index (χ0v) is 16.4. The van der Waals surface area contributed by atoms with Gasteiger partial charge in [0.05, 0.1) is 0 Å². The van der Waals surface area contributed by atoms with Crippen LogP contribution in [0.3, 0.4) is 0 Å². The molecular formula is C22H27ClO3. The summed E-state index contributed by atoms with van der Waals surface area (Å²) in [6.07, 6.45) is 2.28. The van der Waals surface area contributed by atoms with Gasteiger partial charge in [0, 0.05) is 5.02 Å². The van der Waals surface area contributed by atoms with Crippen LogP contribution in [0.5, 0.6) is 5.75 Å². The van der Waals surface area contributed by atoms with Crippen molar-refractivity contribution < 1.29 is 14.6 Å². The third-order valence-corrected chi connectivity index (χ3v) is 4.62. The first kappa shape index (κ1) is 20.3. The lowest BCUT2D eigenvalue weighted by Crippen LogP contribution is -2.27. The molecule has 0 saturated carbocycles. The lowest BCUT2D eigenvalue weighted by Gasteiger charge is -2.20. The average molecular weight is 375 g/mol. The summed E-state index contributed by atoms with van der Waals surface area (Å²) >= 11 is 5.88. The number of hydrogen-bond acceptors (Lipinski definition) is 2. The second-order valence-electron chi connectivity index (χ2n) is 7.59. The minimum absolute atomic E-state index is 0.0619. The molecule has 1 N–H and O–H groups in total. The quantitative estimate of drug-likeness (QED) is 0.586. The number of hydrogen-bond donors (Lipinski definition) is 1. The van der Waals surface area contributed by atoms with E-state index in [4.69, 9.17) is 16.3 Å². The second-order valence-corrected chi connectivity index (χ2v) is 8.03. The van der Waals surface area contributed by atoms with E-state index in [1.54, 1.807) is 0 Å². The highest BCUT2D eigenvalue weighted by Crippen LogP contribution is 2.25. The van der Waals surface area contributed by atoms with Crippen molar-refractivity contribution >= 4 is 17.6 Å². The third-order valence-electron chi connectivity index (χ3n) is 4.37. The van der Waals surface area contributed by atoms with Gasteiger partial charge in [-0.15, -0.1) is 0 Å². The van der Waals surface area contributed by atoms with Crippen LogP contribution in [0.2, 0.25) is 5.02 Å². The first-order valence-corrected chi connectivity index (χ1v) is 9.38. The zero-order chi connectivity index (χ0) is 19.2. The van der Waals surface area contributed by atoms with E-state index >= 15 is 0 Å². The summed E-state index contributed by atoms with van der Waals surface area (Å²) in [7, 11) is 0.